The summed E-state index contributed by atoms with van der Waals surface area (Å²) >= 11 is 5.89. The smallest absolute Gasteiger partial charge is 0.143 e. The first-order valence-electron chi connectivity index (χ1n) is 6.25. The molecule has 3 rings (SSSR count). The van der Waals surface area contributed by atoms with Crippen molar-refractivity contribution in [3.8, 4) is 0 Å². The van der Waals surface area contributed by atoms with Gasteiger partial charge in [-0.3, -0.25) is 0 Å². The van der Waals surface area contributed by atoms with E-state index in [1.54, 1.807) is 6.07 Å². The van der Waals surface area contributed by atoms with Crippen molar-refractivity contribution in [1.29, 1.82) is 0 Å². The zero-order valence-electron chi connectivity index (χ0n) is 9.68. The van der Waals surface area contributed by atoms with Crippen molar-refractivity contribution in [3.05, 3.63) is 23.0 Å². The van der Waals surface area contributed by atoms with E-state index in [0.717, 1.165) is 24.5 Å². The maximum absolute atomic E-state index is 13.4. The minimum Gasteiger partial charge on any atom is -0.382 e. The minimum absolute atomic E-state index is 0.218. The van der Waals surface area contributed by atoms with E-state index in [1.165, 1.54) is 31.7 Å². The molecule has 1 aromatic carbocycles. The highest BCUT2D eigenvalue weighted by Gasteiger charge is 2.27. The summed E-state index contributed by atoms with van der Waals surface area (Å²) in [6.45, 7) is 1.87. The summed E-state index contributed by atoms with van der Waals surface area (Å²) in [4.78, 5) is 2.39. The third kappa shape index (κ3) is 1.97. The third-order valence-corrected chi connectivity index (χ3v) is 4.07. The van der Waals surface area contributed by atoms with E-state index in [0.29, 0.717) is 6.04 Å². The molecule has 0 unspecified atom stereocenters. The summed E-state index contributed by atoms with van der Waals surface area (Å²) in [5.74, 6) is -0.341. The van der Waals surface area contributed by atoms with Gasteiger partial charge in [0, 0.05) is 25.2 Å². The predicted octanol–water partition coefficient (Wildman–Crippen LogP) is 3.65. The Morgan fingerprint density at radius 1 is 1.29 bits per heavy atom. The van der Waals surface area contributed by atoms with Crippen LogP contribution >= 0.6 is 11.6 Å². The molecule has 0 saturated heterocycles. The largest absolute Gasteiger partial charge is 0.382 e. The van der Waals surface area contributed by atoms with E-state index in [1.807, 2.05) is 0 Å². The Morgan fingerprint density at radius 3 is 2.82 bits per heavy atom. The van der Waals surface area contributed by atoms with Crippen LogP contribution in [0.5, 0.6) is 0 Å². The highest BCUT2D eigenvalue weighted by atomic mass is 35.5. The van der Waals surface area contributed by atoms with Gasteiger partial charge in [0.2, 0.25) is 0 Å². The number of halogens is 2. The fourth-order valence-corrected chi connectivity index (χ4v) is 3.10. The molecule has 1 fully saturated rings. The van der Waals surface area contributed by atoms with Crippen LogP contribution in [-0.2, 0) is 0 Å². The lowest BCUT2D eigenvalue weighted by Crippen LogP contribution is -2.40. The molecular weight excluding hydrogens is 239 g/mol. The second-order valence-corrected chi connectivity index (χ2v) is 5.25. The van der Waals surface area contributed by atoms with Crippen molar-refractivity contribution in [2.45, 2.75) is 31.7 Å². The molecule has 1 aliphatic carbocycles. The van der Waals surface area contributed by atoms with Crippen LogP contribution in [0.3, 0.4) is 0 Å². The molecule has 2 aliphatic rings. The van der Waals surface area contributed by atoms with E-state index in [-0.39, 0.29) is 10.8 Å². The summed E-state index contributed by atoms with van der Waals surface area (Å²) < 4.78 is 13.4. The second-order valence-electron chi connectivity index (χ2n) is 4.84. The van der Waals surface area contributed by atoms with Crippen LogP contribution in [0.15, 0.2) is 12.1 Å². The molecule has 1 N–H and O–H groups in total. The number of benzene rings is 1. The first kappa shape index (κ1) is 11.1. The number of hydrogen-bond donors (Lipinski definition) is 1. The molecule has 0 bridgehead atoms. The fraction of sp³-hybridized carbons (Fsp3) is 0.538. The maximum Gasteiger partial charge on any atom is 0.143 e. The molecule has 0 radical (unpaired) electrons. The quantitative estimate of drug-likeness (QED) is 0.823. The Hall–Kier alpha value is -0.960. The summed E-state index contributed by atoms with van der Waals surface area (Å²) in [6.07, 6.45) is 5.10. The van der Waals surface area contributed by atoms with Gasteiger partial charge in [0.15, 0.2) is 0 Å². The third-order valence-electron chi connectivity index (χ3n) is 3.78. The van der Waals surface area contributed by atoms with E-state index < -0.39 is 0 Å². The van der Waals surface area contributed by atoms with Crippen molar-refractivity contribution in [2.75, 3.05) is 23.3 Å². The topological polar surface area (TPSA) is 15.3 Å². The monoisotopic (exact) mass is 254 g/mol. The van der Waals surface area contributed by atoms with Gasteiger partial charge in [-0.25, -0.2) is 4.39 Å². The van der Waals surface area contributed by atoms with Crippen molar-refractivity contribution in [2.24, 2.45) is 0 Å². The molecule has 1 aliphatic heterocycles. The molecule has 1 heterocycles. The SMILES string of the molecule is Fc1cc2c(cc1Cl)N(C1CCCC1)CCN2. The molecule has 92 valence electrons. The molecule has 2 nitrogen and oxygen atoms in total. The number of nitrogens with zero attached hydrogens (tertiary/aromatic N) is 1. The second kappa shape index (κ2) is 4.37. The molecule has 1 aromatic rings. The van der Waals surface area contributed by atoms with Crippen molar-refractivity contribution in [3.63, 3.8) is 0 Å². The number of fused-ring (bicyclic) bond motifs is 1. The van der Waals surface area contributed by atoms with Crippen LogP contribution in [0.25, 0.3) is 0 Å². The van der Waals surface area contributed by atoms with Gasteiger partial charge >= 0.3 is 0 Å². The summed E-state index contributed by atoms with van der Waals surface area (Å²) in [5.41, 5.74) is 1.94. The number of hydrogen-bond acceptors (Lipinski definition) is 2. The van der Waals surface area contributed by atoms with Gasteiger partial charge in [-0.15, -0.1) is 0 Å². The average molecular weight is 255 g/mol. The Bertz CT molecular complexity index is 430. The summed E-state index contributed by atoms with van der Waals surface area (Å²) in [7, 11) is 0. The number of rotatable bonds is 1. The Kier molecular flexibility index (Phi) is 2.87. The van der Waals surface area contributed by atoms with E-state index in [2.05, 4.69) is 10.2 Å². The van der Waals surface area contributed by atoms with E-state index in [9.17, 15) is 4.39 Å². The van der Waals surface area contributed by atoms with Crippen LogP contribution in [0, 0.1) is 5.82 Å². The van der Waals surface area contributed by atoms with E-state index in [4.69, 9.17) is 11.6 Å². The molecule has 0 amide bonds. The van der Waals surface area contributed by atoms with Crippen molar-refractivity contribution >= 4 is 23.0 Å². The lowest BCUT2D eigenvalue weighted by atomic mass is 10.1. The van der Waals surface area contributed by atoms with Crippen LogP contribution < -0.4 is 10.2 Å². The Labute approximate surface area is 106 Å². The molecular formula is C13H16ClFN2. The lowest BCUT2D eigenvalue weighted by Gasteiger charge is -2.36. The fourth-order valence-electron chi connectivity index (χ4n) is 2.94. The summed E-state index contributed by atoms with van der Waals surface area (Å²) in [5, 5.41) is 3.46. The van der Waals surface area contributed by atoms with Crippen molar-refractivity contribution in [1.82, 2.24) is 0 Å². The zero-order chi connectivity index (χ0) is 11.8. The molecule has 0 aromatic heterocycles. The highest BCUT2D eigenvalue weighted by molar-refractivity contribution is 6.31. The van der Waals surface area contributed by atoms with E-state index >= 15 is 0 Å². The molecule has 4 heteroatoms. The molecule has 17 heavy (non-hydrogen) atoms. The molecule has 0 spiro atoms. The van der Waals surface area contributed by atoms with Gasteiger partial charge in [-0.05, 0) is 18.9 Å². The first-order chi connectivity index (χ1) is 8.25. The maximum atomic E-state index is 13.4. The predicted molar refractivity (Wildman–Crippen MR) is 69.5 cm³/mol. The molecule has 1 saturated carbocycles. The van der Waals surface area contributed by atoms with Crippen LogP contribution in [0.1, 0.15) is 25.7 Å². The Morgan fingerprint density at radius 2 is 2.06 bits per heavy atom. The minimum atomic E-state index is -0.341. The van der Waals surface area contributed by atoms with Crippen LogP contribution in [-0.4, -0.2) is 19.1 Å². The van der Waals surface area contributed by atoms with Gasteiger partial charge in [-0.2, -0.15) is 0 Å². The number of anilines is 2. The van der Waals surface area contributed by atoms with Crippen LogP contribution in [0.4, 0.5) is 15.8 Å². The zero-order valence-corrected chi connectivity index (χ0v) is 10.4. The first-order valence-corrected chi connectivity index (χ1v) is 6.63. The van der Waals surface area contributed by atoms with Crippen molar-refractivity contribution < 1.29 is 4.39 Å². The average Bonchev–Trinajstić information content (AvgIpc) is 2.83. The highest BCUT2D eigenvalue weighted by Crippen LogP contribution is 2.37. The summed E-state index contributed by atoms with van der Waals surface area (Å²) in [6, 6.07) is 3.88. The lowest BCUT2D eigenvalue weighted by molar-refractivity contribution is 0.600. The standard InChI is InChI=1S/C13H16ClFN2/c14-10-7-13-12(8-11(10)15)16-5-6-17(13)9-3-1-2-4-9/h7-9,16H,1-6H2. The van der Waals surface area contributed by atoms with Crippen LogP contribution in [0.2, 0.25) is 5.02 Å². The number of nitrogens with one attached hydrogen (secondary N) is 1. The molecule has 0 atom stereocenters. The van der Waals surface area contributed by atoms with Gasteiger partial charge in [0.1, 0.15) is 5.82 Å². The Balaban J connectivity index is 1.97. The normalized spacial score (nSPS) is 20.2. The van der Waals surface area contributed by atoms with Gasteiger partial charge in [0.05, 0.1) is 16.4 Å². The van der Waals surface area contributed by atoms with Gasteiger partial charge < -0.3 is 10.2 Å². The van der Waals surface area contributed by atoms with Gasteiger partial charge in [-0.1, -0.05) is 24.4 Å². The van der Waals surface area contributed by atoms with Gasteiger partial charge in [0.25, 0.3) is 0 Å².